The number of hydrogen-bond donors (Lipinski definition) is 0. The first-order valence-electron chi connectivity index (χ1n) is 7.87. The molecule has 0 bridgehead atoms. The third-order valence-corrected chi connectivity index (χ3v) is 5.13. The first kappa shape index (κ1) is 17.7. The molecule has 1 aromatic carbocycles. The fraction of sp³-hybridized carbons (Fsp3) is 0.500. The van der Waals surface area contributed by atoms with Crippen LogP contribution in [0.3, 0.4) is 0 Å². The molecule has 116 valence electrons. The van der Waals surface area contributed by atoms with Crippen molar-refractivity contribution < 1.29 is 9.53 Å². The third-order valence-electron chi connectivity index (χ3n) is 3.28. The Morgan fingerprint density at radius 1 is 1.05 bits per heavy atom. The fourth-order valence-electron chi connectivity index (χ4n) is 2.06. The number of esters is 1. The topological polar surface area (TPSA) is 26.3 Å². The van der Waals surface area contributed by atoms with E-state index in [0.29, 0.717) is 6.61 Å². The van der Waals surface area contributed by atoms with Crippen LogP contribution in [0.15, 0.2) is 36.4 Å². The van der Waals surface area contributed by atoms with Gasteiger partial charge < -0.3 is 4.74 Å². The number of carbonyl (C=O) groups excluding carboxylic acids is 1. The van der Waals surface area contributed by atoms with Gasteiger partial charge in [-0.2, -0.15) is 0 Å². The second-order valence-electron chi connectivity index (χ2n) is 6.64. The van der Waals surface area contributed by atoms with Gasteiger partial charge in [0.1, 0.15) is 0 Å². The summed E-state index contributed by atoms with van der Waals surface area (Å²) < 4.78 is 5.19. The van der Waals surface area contributed by atoms with Gasteiger partial charge in [-0.3, -0.25) is 0 Å². The fourth-order valence-corrected chi connectivity index (χ4v) is 3.37. The van der Waals surface area contributed by atoms with Crippen LogP contribution in [0.25, 0.3) is 6.08 Å². The summed E-state index contributed by atoms with van der Waals surface area (Å²) in [6, 6.07) is 11.2. The van der Waals surface area contributed by atoms with E-state index in [9.17, 15) is 4.79 Å². The minimum atomic E-state index is -0.881. The van der Waals surface area contributed by atoms with Gasteiger partial charge in [-0.05, 0) is 18.1 Å². The van der Waals surface area contributed by atoms with E-state index >= 15 is 0 Å². The van der Waals surface area contributed by atoms with E-state index in [-0.39, 0.29) is 5.97 Å². The monoisotopic (exact) mass is 304 g/mol. The highest BCUT2D eigenvalue weighted by Crippen LogP contribution is 2.14. The maximum absolute atomic E-state index is 11.5. The second-order valence-corrected chi connectivity index (χ2v) is 12.3. The van der Waals surface area contributed by atoms with Crippen LogP contribution in [0.2, 0.25) is 25.7 Å². The predicted molar refractivity (Wildman–Crippen MR) is 93.1 cm³/mol. The molecule has 1 aromatic rings. The maximum atomic E-state index is 11.5. The largest absolute Gasteiger partial charge is 0.463 e. The van der Waals surface area contributed by atoms with Gasteiger partial charge >= 0.3 is 5.97 Å². The van der Waals surface area contributed by atoms with E-state index in [0.717, 1.165) is 18.4 Å². The smallest absolute Gasteiger partial charge is 0.330 e. The lowest BCUT2D eigenvalue weighted by Gasteiger charge is -2.14. The molecule has 0 aliphatic rings. The molecule has 0 aliphatic heterocycles. The van der Waals surface area contributed by atoms with E-state index in [1.165, 1.54) is 25.0 Å². The molecule has 0 aromatic heterocycles. The lowest BCUT2D eigenvalue weighted by atomic mass is 10.2. The number of unbranched alkanes of at least 4 members (excludes halogenated alkanes) is 3. The first-order valence-corrected chi connectivity index (χ1v) is 11.6. The predicted octanol–water partition coefficient (Wildman–Crippen LogP) is 5.14. The Labute approximate surface area is 130 Å². The molecular formula is C18H28O2Si. The van der Waals surface area contributed by atoms with Gasteiger partial charge in [0.15, 0.2) is 0 Å². The molecule has 2 nitrogen and oxygen atoms in total. The molecule has 0 heterocycles. The summed E-state index contributed by atoms with van der Waals surface area (Å²) in [7, 11) is -0.881. The van der Waals surface area contributed by atoms with Crippen molar-refractivity contribution in [2.24, 2.45) is 0 Å². The first-order chi connectivity index (χ1) is 9.97. The summed E-state index contributed by atoms with van der Waals surface area (Å²) in [5, 5.41) is 0. The normalized spacial score (nSPS) is 11.8. The average Bonchev–Trinajstić information content (AvgIpc) is 2.44. The van der Waals surface area contributed by atoms with Crippen molar-refractivity contribution in [3.05, 3.63) is 42.0 Å². The molecule has 0 saturated heterocycles. The highest BCUT2D eigenvalue weighted by Gasteiger charge is 2.11. The molecule has 0 spiro atoms. The Hall–Kier alpha value is -1.35. The molecule has 0 N–H and O–H groups in total. The van der Waals surface area contributed by atoms with Gasteiger partial charge in [-0.25, -0.2) is 4.79 Å². The third kappa shape index (κ3) is 10.1. The molecular weight excluding hydrogens is 276 g/mol. The molecule has 0 unspecified atom stereocenters. The van der Waals surface area contributed by atoms with E-state index in [1.807, 2.05) is 30.3 Å². The van der Waals surface area contributed by atoms with Crippen molar-refractivity contribution in [2.75, 3.05) is 6.61 Å². The van der Waals surface area contributed by atoms with Crippen LogP contribution < -0.4 is 0 Å². The Kier molecular flexibility index (Phi) is 8.06. The quantitative estimate of drug-likeness (QED) is 0.273. The molecule has 21 heavy (non-hydrogen) atoms. The van der Waals surface area contributed by atoms with Crippen molar-refractivity contribution in [2.45, 2.75) is 51.4 Å². The van der Waals surface area contributed by atoms with Crippen LogP contribution in [-0.2, 0) is 9.53 Å². The molecule has 0 aliphatic carbocycles. The standard InChI is InChI=1S/C18H28O2Si/c1-21(2,3)16-10-5-4-9-15-20-18(19)14-13-17-11-7-6-8-12-17/h6-8,11-14H,4-5,9-10,15-16H2,1-3H3. The van der Waals surface area contributed by atoms with Crippen molar-refractivity contribution >= 4 is 20.1 Å². The molecule has 0 radical (unpaired) electrons. The molecule has 3 heteroatoms. The van der Waals surface area contributed by atoms with Crippen LogP contribution >= 0.6 is 0 Å². The minimum absolute atomic E-state index is 0.249. The summed E-state index contributed by atoms with van der Waals surface area (Å²) in [6.07, 6.45) is 7.98. The van der Waals surface area contributed by atoms with Crippen LogP contribution in [-0.4, -0.2) is 20.7 Å². The minimum Gasteiger partial charge on any atom is -0.463 e. The van der Waals surface area contributed by atoms with E-state index in [2.05, 4.69) is 19.6 Å². The number of benzene rings is 1. The summed E-state index contributed by atoms with van der Waals surface area (Å²) in [5.74, 6) is -0.249. The Balaban J connectivity index is 2.05. The molecule has 0 saturated carbocycles. The van der Waals surface area contributed by atoms with Crippen molar-refractivity contribution in [3.63, 3.8) is 0 Å². The van der Waals surface area contributed by atoms with Crippen molar-refractivity contribution in [1.29, 1.82) is 0 Å². The average molecular weight is 305 g/mol. The maximum Gasteiger partial charge on any atom is 0.330 e. The van der Waals surface area contributed by atoms with Gasteiger partial charge in [0.25, 0.3) is 0 Å². The van der Waals surface area contributed by atoms with E-state index < -0.39 is 8.07 Å². The Morgan fingerprint density at radius 3 is 2.38 bits per heavy atom. The van der Waals surface area contributed by atoms with Gasteiger partial charge in [0, 0.05) is 14.1 Å². The van der Waals surface area contributed by atoms with Crippen LogP contribution in [0.4, 0.5) is 0 Å². The van der Waals surface area contributed by atoms with Crippen LogP contribution in [0, 0.1) is 0 Å². The van der Waals surface area contributed by atoms with Crippen molar-refractivity contribution in [1.82, 2.24) is 0 Å². The Bertz CT molecular complexity index is 432. The number of rotatable bonds is 9. The van der Waals surface area contributed by atoms with E-state index in [4.69, 9.17) is 4.74 Å². The zero-order valence-electron chi connectivity index (χ0n) is 13.6. The molecule has 0 fully saturated rings. The lowest BCUT2D eigenvalue weighted by Crippen LogP contribution is -2.18. The van der Waals surface area contributed by atoms with Crippen molar-refractivity contribution in [3.8, 4) is 0 Å². The van der Waals surface area contributed by atoms with Crippen LogP contribution in [0.1, 0.15) is 31.2 Å². The lowest BCUT2D eigenvalue weighted by molar-refractivity contribution is -0.137. The highest BCUT2D eigenvalue weighted by molar-refractivity contribution is 6.76. The molecule has 0 atom stereocenters. The number of carbonyl (C=O) groups is 1. The number of ether oxygens (including phenoxy) is 1. The van der Waals surface area contributed by atoms with Gasteiger partial charge in [-0.15, -0.1) is 0 Å². The summed E-state index contributed by atoms with van der Waals surface area (Å²) in [6.45, 7) is 7.76. The summed E-state index contributed by atoms with van der Waals surface area (Å²) >= 11 is 0. The number of hydrogen-bond acceptors (Lipinski definition) is 2. The Morgan fingerprint density at radius 2 is 1.71 bits per heavy atom. The molecule has 0 amide bonds. The molecule has 1 rings (SSSR count). The zero-order chi connectivity index (χ0) is 15.6. The summed E-state index contributed by atoms with van der Waals surface area (Å²) in [4.78, 5) is 11.5. The van der Waals surface area contributed by atoms with Gasteiger partial charge in [0.2, 0.25) is 0 Å². The van der Waals surface area contributed by atoms with Gasteiger partial charge in [-0.1, -0.05) is 75.3 Å². The van der Waals surface area contributed by atoms with E-state index in [1.54, 1.807) is 6.08 Å². The highest BCUT2D eigenvalue weighted by atomic mass is 28.3. The zero-order valence-corrected chi connectivity index (χ0v) is 14.6. The van der Waals surface area contributed by atoms with Gasteiger partial charge in [0.05, 0.1) is 6.61 Å². The van der Waals surface area contributed by atoms with Crippen LogP contribution in [0.5, 0.6) is 0 Å². The summed E-state index contributed by atoms with van der Waals surface area (Å²) in [5.41, 5.74) is 1.01. The second kappa shape index (κ2) is 9.56. The SMILES string of the molecule is C[Si](C)(C)CCCCCCOC(=O)C=Cc1ccccc1.